The average molecular weight is 348 g/mol. The minimum Gasteiger partial charge on any atom is -0.398 e. The van der Waals surface area contributed by atoms with Crippen molar-refractivity contribution < 1.29 is 4.39 Å². The lowest BCUT2D eigenvalue weighted by Crippen LogP contribution is -2.04. The van der Waals surface area contributed by atoms with Crippen molar-refractivity contribution in [1.82, 2.24) is 20.2 Å². The number of hydrogen-bond donors (Lipinski definition) is 1. The summed E-state index contributed by atoms with van der Waals surface area (Å²) in [7, 11) is 0. The molecule has 2 N–H and O–H groups in total. The van der Waals surface area contributed by atoms with E-state index in [4.69, 9.17) is 5.73 Å². The van der Waals surface area contributed by atoms with Gasteiger partial charge in [0.1, 0.15) is 11.5 Å². The molecule has 0 spiro atoms. The second-order valence-corrected chi connectivity index (χ2v) is 5.52. The Balaban J connectivity index is 2.19. The zero-order chi connectivity index (χ0) is 15.0. The van der Waals surface area contributed by atoms with Crippen LogP contribution in [0.4, 0.5) is 10.1 Å². The van der Waals surface area contributed by atoms with Gasteiger partial charge in [-0.3, -0.25) is 0 Å². The molecule has 106 valence electrons. The summed E-state index contributed by atoms with van der Waals surface area (Å²) in [5.74, 6) is -0.0263. The maximum atomic E-state index is 14.1. The molecule has 3 rings (SSSR count). The molecule has 0 aliphatic carbocycles. The summed E-state index contributed by atoms with van der Waals surface area (Å²) in [6, 6.07) is 10.2. The number of aromatic nitrogens is 4. The largest absolute Gasteiger partial charge is 0.398 e. The number of halogens is 2. The van der Waals surface area contributed by atoms with E-state index >= 15 is 0 Å². The van der Waals surface area contributed by atoms with Crippen LogP contribution in [0.3, 0.4) is 0 Å². The predicted molar refractivity (Wildman–Crippen MR) is 81.4 cm³/mol. The van der Waals surface area contributed by atoms with E-state index in [1.807, 2.05) is 19.1 Å². The minimum atomic E-state index is -0.427. The van der Waals surface area contributed by atoms with Crippen molar-refractivity contribution in [1.29, 1.82) is 0 Å². The number of nitrogens with two attached hydrogens (primary N) is 1. The fraction of sp³-hybridized carbons (Fsp3) is 0.0714. The quantitative estimate of drug-likeness (QED) is 0.723. The molecule has 0 radical (unpaired) electrons. The first-order valence-electron chi connectivity index (χ1n) is 6.16. The number of aryl methyl sites for hydroxylation is 1. The number of benzene rings is 2. The van der Waals surface area contributed by atoms with E-state index in [-0.39, 0.29) is 5.69 Å². The molecule has 7 heteroatoms. The summed E-state index contributed by atoms with van der Waals surface area (Å²) >= 11 is 3.22. The van der Waals surface area contributed by atoms with Crippen molar-refractivity contribution in [3.8, 4) is 17.1 Å². The van der Waals surface area contributed by atoms with E-state index in [9.17, 15) is 4.39 Å². The second-order valence-electron chi connectivity index (χ2n) is 4.60. The molecule has 0 amide bonds. The van der Waals surface area contributed by atoms with E-state index in [1.54, 1.807) is 18.2 Å². The van der Waals surface area contributed by atoms with Gasteiger partial charge in [-0.25, -0.2) is 4.39 Å². The molecule has 1 aromatic heterocycles. The Labute approximate surface area is 128 Å². The molecule has 0 bridgehead atoms. The number of tetrazole rings is 1. The van der Waals surface area contributed by atoms with E-state index < -0.39 is 5.82 Å². The zero-order valence-corrected chi connectivity index (χ0v) is 12.7. The van der Waals surface area contributed by atoms with Crippen LogP contribution in [-0.2, 0) is 0 Å². The third-order valence-corrected chi connectivity index (χ3v) is 3.55. The SMILES string of the molecule is Cc1ccc(N)c(-c2nnnn2-c2ccc(Br)cc2F)c1. The van der Waals surface area contributed by atoms with E-state index in [2.05, 4.69) is 31.5 Å². The Morgan fingerprint density at radius 2 is 2.00 bits per heavy atom. The molecule has 5 nitrogen and oxygen atoms in total. The average Bonchev–Trinajstić information content (AvgIpc) is 2.90. The van der Waals surface area contributed by atoms with Gasteiger partial charge in [0.15, 0.2) is 5.82 Å². The molecular weight excluding hydrogens is 337 g/mol. The van der Waals surface area contributed by atoms with Gasteiger partial charge in [-0.05, 0) is 47.7 Å². The van der Waals surface area contributed by atoms with Crippen LogP contribution in [0.1, 0.15) is 5.56 Å². The molecular formula is C14H11BrFN5. The van der Waals surface area contributed by atoms with Gasteiger partial charge in [0.05, 0.1) is 0 Å². The normalized spacial score (nSPS) is 10.8. The van der Waals surface area contributed by atoms with Crippen LogP contribution in [0, 0.1) is 12.7 Å². The fourth-order valence-electron chi connectivity index (χ4n) is 2.03. The van der Waals surface area contributed by atoms with Gasteiger partial charge in [0.2, 0.25) is 0 Å². The molecule has 0 aliphatic rings. The smallest absolute Gasteiger partial charge is 0.189 e. The lowest BCUT2D eigenvalue weighted by molar-refractivity contribution is 0.607. The number of anilines is 1. The number of rotatable bonds is 2. The summed E-state index contributed by atoms with van der Waals surface area (Å²) in [5.41, 5.74) is 8.47. The molecule has 21 heavy (non-hydrogen) atoms. The third-order valence-electron chi connectivity index (χ3n) is 3.06. The summed E-state index contributed by atoms with van der Waals surface area (Å²) < 4.78 is 16.1. The highest BCUT2D eigenvalue weighted by Crippen LogP contribution is 2.27. The second kappa shape index (κ2) is 5.25. The van der Waals surface area contributed by atoms with Crippen LogP contribution >= 0.6 is 15.9 Å². The molecule has 0 saturated heterocycles. The monoisotopic (exact) mass is 347 g/mol. The van der Waals surface area contributed by atoms with Crippen LogP contribution in [0.15, 0.2) is 40.9 Å². The highest BCUT2D eigenvalue weighted by molar-refractivity contribution is 9.10. The highest BCUT2D eigenvalue weighted by Gasteiger charge is 2.16. The molecule has 0 saturated carbocycles. The highest BCUT2D eigenvalue weighted by atomic mass is 79.9. The Bertz CT molecular complexity index is 815. The summed E-state index contributed by atoms with van der Waals surface area (Å²) in [6.07, 6.45) is 0. The van der Waals surface area contributed by atoms with Crippen LogP contribution < -0.4 is 5.73 Å². The molecule has 0 atom stereocenters. The Morgan fingerprint density at radius 3 is 2.76 bits per heavy atom. The van der Waals surface area contributed by atoms with Crippen molar-refractivity contribution in [2.45, 2.75) is 6.92 Å². The van der Waals surface area contributed by atoms with Crippen molar-refractivity contribution in [2.75, 3.05) is 5.73 Å². The molecule has 0 aliphatic heterocycles. The maximum Gasteiger partial charge on any atom is 0.189 e. The standard InChI is InChI=1S/C14H11BrFN5/c1-8-2-4-12(17)10(6-8)14-18-19-20-21(14)13-5-3-9(15)7-11(13)16/h2-7H,17H2,1H3. The Kier molecular flexibility index (Phi) is 3.42. The third kappa shape index (κ3) is 2.52. The Morgan fingerprint density at radius 1 is 1.19 bits per heavy atom. The van der Waals surface area contributed by atoms with Crippen LogP contribution in [0.25, 0.3) is 17.1 Å². The van der Waals surface area contributed by atoms with Crippen LogP contribution in [0.5, 0.6) is 0 Å². The lowest BCUT2D eigenvalue weighted by atomic mass is 10.1. The van der Waals surface area contributed by atoms with Crippen molar-refractivity contribution in [3.63, 3.8) is 0 Å². The minimum absolute atomic E-state index is 0.263. The molecule has 1 heterocycles. The number of nitrogens with zero attached hydrogens (tertiary/aromatic N) is 4. The first-order valence-corrected chi connectivity index (χ1v) is 6.96. The Hall–Kier alpha value is -2.28. The van der Waals surface area contributed by atoms with Crippen molar-refractivity contribution in [2.24, 2.45) is 0 Å². The first-order chi connectivity index (χ1) is 10.1. The van der Waals surface area contributed by atoms with Crippen LogP contribution in [-0.4, -0.2) is 20.2 Å². The van der Waals surface area contributed by atoms with Gasteiger partial charge in [0, 0.05) is 15.7 Å². The molecule has 2 aromatic carbocycles. The number of hydrogen-bond acceptors (Lipinski definition) is 4. The topological polar surface area (TPSA) is 69.6 Å². The van der Waals surface area contributed by atoms with Gasteiger partial charge in [-0.2, -0.15) is 4.68 Å². The molecule has 3 aromatic rings. The summed E-state index contributed by atoms with van der Waals surface area (Å²) in [5, 5.41) is 11.5. The lowest BCUT2D eigenvalue weighted by Gasteiger charge is -2.08. The van der Waals surface area contributed by atoms with Gasteiger partial charge >= 0.3 is 0 Å². The van der Waals surface area contributed by atoms with Crippen LogP contribution in [0.2, 0.25) is 0 Å². The van der Waals surface area contributed by atoms with E-state index in [1.165, 1.54) is 10.7 Å². The van der Waals surface area contributed by atoms with Gasteiger partial charge in [-0.15, -0.1) is 5.10 Å². The maximum absolute atomic E-state index is 14.1. The molecule has 0 fully saturated rings. The van der Waals surface area contributed by atoms with Crippen molar-refractivity contribution >= 4 is 21.6 Å². The van der Waals surface area contributed by atoms with Gasteiger partial charge in [-0.1, -0.05) is 27.6 Å². The summed E-state index contributed by atoms with van der Waals surface area (Å²) in [4.78, 5) is 0. The van der Waals surface area contributed by atoms with E-state index in [0.29, 0.717) is 21.5 Å². The predicted octanol–water partition coefficient (Wildman–Crippen LogP) is 3.12. The van der Waals surface area contributed by atoms with Gasteiger partial charge in [0.25, 0.3) is 0 Å². The van der Waals surface area contributed by atoms with E-state index in [0.717, 1.165) is 5.56 Å². The fourth-order valence-corrected chi connectivity index (χ4v) is 2.37. The first kappa shape index (κ1) is 13.7. The zero-order valence-electron chi connectivity index (χ0n) is 11.1. The number of nitrogen functional groups attached to an aromatic ring is 1. The molecule has 0 unspecified atom stereocenters. The van der Waals surface area contributed by atoms with Crippen molar-refractivity contribution in [3.05, 3.63) is 52.3 Å². The summed E-state index contributed by atoms with van der Waals surface area (Å²) in [6.45, 7) is 1.94. The van der Waals surface area contributed by atoms with Gasteiger partial charge < -0.3 is 5.73 Å².